The minimum Gasteiger partial charge on any atom is -0.385 e. The molecule has 2 aliphatic rings. The van der Waals surface area contributed by atoms with Crippen molar-refractivity contribution >= 4 is 15.7 Å². The van der Waals surface area contributed by atoms with Gasteiger partial charge in [-0.1, -0.05) is 0 Å². The number of hydrogen-bond acceptors (Lipinski definition) is 4. The summed E-state index contributed by atoms with van der Waals surface area (Å²) < 4.78 is 33.2. The molecule has 2 bridgehead atoms. The molecule has 3 rings (SSSR count). The molecule has 110 valence electrons. The summed E-state index contributed by atoms with van der Waals surface area (Å²) in [5.74, 6) is 0. The van der Waals surface area contributed by atoms with Crippen LogP contribution in [0.3, 0.4) is 0 Å². The smallest absolute Gasteiger partial charge is 0.240 e. The average Bonchev–Trinajstić information content (AvgIpc) is 3.01. The fourth-order valence-corrected chi connectivity index (χ4v) is 4.26. The van der Waals surface area contributed by atoms with Crippen LogP contribution in [0.25, 0.3) is 0 Å². The Hall–Kier alpha value is -1.11. The van der Waals surface area contributed by atoms with Gasteiger partial charge < -0.3 is 10.1 Å². The number of benzene rings is 1. The molecule has 20 heavy (non-hydrogen) atoms. The Balaban J connectivity index is 1.71. The second-order valence-corrected chi connectivity index (χ2v) is 7.11. The van der Waals surface area contributed by atoms with E-state index in [0.717, 1.165) is 31.5 Å². The topological polar surface area (TPSA) is 67.4 Å². The summed E-state index contributed by atoms with van der Waals surface area (Å²) >= 11 is 0. The van der Waals surface area contributed by atoms with Crippen molar-refractivity contribution in [2.45, 2.75) is 49.3 Å². The normalized spacial score (nSPS) is 28.8. The molecule has 2 saturated heterocycles. The molecule has 0 aliphatic carbocycles. The fourth-order valence-electron chi connectivity index (χ4n) is 2.99. The minimum atomic E-state index is -3.46. The highest BCUT2D eigenvalue weighted by molar-refractivity contribution is 7.89. The Morgan fingerprint density at radius 3 is 2.55 bits per heavy atom. The summed E-state index contributed by atoms with van der Waals surface area (Å²) in [6, 6.07) is 6.76. The third-order valence-electron chi connectivity index (χ3n) is 3.96. The number of hydrogen-bond donors (Lipinski definition) is 2. The summed E-state index contributed by atoms with van der Waals surface area (Å²) in [7, 11) is -3.46. The van der Waals surface area contributed by atoms with Crippen LogP contribution in [0.2, 0.25) is 0 Å². The molecular weight excluding hydrogens is 276 g/mol. The van der Waals surface area contributed by atoms with Crippen LogP contribution in [-0.2, 0) is 14.8 Å². The van der Waals surface area contributed by atoms with Crippen molar-refractivity contribution in [3.63, 3.8) is 0 Å². The fraction of sp³-hybridized carbons (Fsp3) is 0.571. The van der Waals surface area contributed by atoms with Gasteiger partial charge in [0.25, 0.3) is 0 Å². The van der Waals surface area contributed by atoms with Gasteiger partial charge >= 0.3 is 0 Å². The third-order valence-corrected chi connectivity index (χ3v) is 5.46. The van der Waals surface area contributed by atoms with Crippen LogP contribution in [0, 0.1) is 0 Å². The Labute approximate surface area is 119 Å². The Kier molecular flexibility index (Phi) is 3.70. The van der Waals surface area contributed by atoms with Gasteiger partial charge in [0.1, 0.15) is 0 Å². The molecule has 6 heteroatoms. The van der Waals surface area contributed by atoms with E-state index in [1.54, 1.807) is 24.3 Å². The third kappa shape index (κ3) is 2.68. The Morgan fingerprint density at radius 2 is 2.00 bits per heavy atom. The summed E-state index contributed by atoms with van der Waals surface area (Å²) in [5, 5.41) is 3.15. The SMILES string of the molecule is CCNc1ccc(S(=O)(=O)NC2CC3CCC2O3)cc1. The number of sulfonamides is 1. The minimum absolute atomic E-state index is 0.0517. The molecule has 0 spiro atoms. The second-order valence-electron chi connectivity index (χ2n) is 5.39. The molecule has 0 saturated carbocycles. The van der Waals surface area contributed by atoms with Gasteiger partial charge in [0, 0.05) is 12.2 Å². The summed E-state index contributed by atoms with van der Waals surface area (Å²) in [6.07, 6.45) is 3.09. The van der Waals surface area contributed by atoms with Gasteiger partial charge in [-0.25, -0.2) is 13.1 Å². The van der Waals surface area contributed by atoms with E-state index in [2.05, 4.69) is 10.0 Å². The van der Waals surface area contributed by atoms with Crippen LogP contribution in [0.15, 0.2) is 29.2 Å². The Bertz CT molecular complexity index is 571. The van der Waals surface area contributed by atoms with Crippen molar-refractivity contribution in [1.82, 2.24) is 4.72 Å². The van der Waals surface area contributed by atoms with Gasteiger partial charge in [-0.15, -0.1) is 0 Å². The van der Waals surface area contributed by atoms with Gasteiger partial charge in [-0.3, -0.25) is 0 Å². The molecule has 1 aromatic rings. The van der Waals surface area contributed by atoms with Crippen LogP contribution in [0.4, 0.5) is 5.69 Å². The summed E-state index contributed by atoms with van der Waals surface area (Å²) in [5.41, 5.74) is 0.926. The summed E-state index contributed by atoms with van der Waals surface area (Å²) in [4.78, 5) is 0.307. The largest absolute Gasteiger partial charge is 0.385 e. The lowest BCUT2D eigenvalue weighted by Gasteiger charge is -2.20. The lowest BCUT2D eigenvalue weighted by molar-refractivity contribution is 0.0996. The maximum absolute atomic E-state index is 12.3. The van der Waals surface area contributed by atoms with Crippen LogP contribution >= 0.6 is 0 Å². The molecule has 5 nitrogen and oxygen atoms in total. The first-order valence-corrected chi connectivity index (χ1v) is 8.58. The van der Waals surface area contributed by atoms with Crippen LogP contribution in [0.1, 0.15) is 26.2 Å². The molecule has 1 aromatic carbocycles. The van der Waals surface area contributed by atoms with E-state index in [0.29, 0.717) is 4.90 Å². The monoisotopic (exact) mass is 296 g/mol. The molecule has 0 radical (unpaired) electrons. The standard InChI is InChI=1S/C14H20N2O3S/c1-2-15-10-3-6-12(7-4-10)20(17,18)16-13-9-11-5-8-14(13)19-11/h3-4,6-7,11,13-16H,2,5,8-9H2,1H3. The van der Waals surface area contributed by atoms with Gasteiger partial charge in [0.15, 0.2) is 0 Å². The number of nitrogens with one attached hydrogen (secondary N) is 2. The number of rotatable bonds is 5. The van der Waals surface area contributed by atoms with Crippen LogP contribution < -0.4 is 10.0 Å². The average molecular weight is 296 g/mol. The van der Waals surface area contributed by atoms with Crippen LogP contribution in [-0.4, -0.2) is 33.2 Å². The van der Waals surface area contributed by atoms with Crippen molar-refractivity contribution in [3.8, 4) is 0 Å². The van der Waals surface area contributed by atoms with E-state index in [4.69, 9.17) is 4.74 Å². The van der Waals surface area contributed by atoms with Gasteiger partial charge in [-0.05, 0) is 50.5 Å². The van der Waals surface area contributed by atoms with E-state index in [1.807, 2.05) is 6.92 Å². The van der Waals surface area contributed by atoms with E-state index < -0.39 is 10.0 Å². The molecule has 2 N–H and O–H groups in total. The number of anilines is 1. The van der Waals surface area contributed by atoms with Crippen molar-refractivity contribution in [1.29, 1.82) is 0 Å². The van der Waals surface area contributed by atoms with E-state index in [-0.39, 0.29) is 18.2 Å². The molecular formula is C14H20N2O3S. The quantitative estimate of drug-likeness (QED) is 0.868. The van der Waals surface area contributed by atoms with E-state index in [1.165, 1.54) is 0 Å². The van der Waals surface area contributed by atoms with Crippen molar-refractivity contribution in [2.24, 2.45) is 0 Å². The molecule has 0 aromatic heterocycles. The van der Waals surface area contributed by atoms with Crippen molar-refractivity contribution in [2.75, 3.05) is 11.9 Å². The van der Waals surface area contributed by atoms with Gasteiger partial charge in [0.05, 0.1) is 23.1 Å². The first-order valence-electron chi connectivity index (χ1n) is 7.10. The van der Waals surface area contributed by atoms with Crippen molar-refractivity contribution < 1.29 is 13.2 Å². The van der Waals surface area contributed by atoms with Crippen LogP contribution in [0.5, 0.6) is 0 Å². The predicted octanol–water partition coefficient (Wildman–Crippen LogP) is 1.72. The Morgan fingerprint density at radius 1 is 1.25 bits per heavy atom. The first kappa shape index (κ1) is 13.9. The maximum Gasteiger partial charge on any atom is 0.240 e. The highest BCUT2D eigenvalue weighted by Gasteiger charge is 2.42. The summed E-state index contributed by atoms with van der Waals surface area (Å²) in [6.45, 7) is 2.81. The molecule has 2 fully saturated rings. The molecule has 3 unspecified atom stereocenters. The highest BCUT2D eigenvalue weighted by atomic mass is 32.2. The predicted molar refractivity (Wildman–Crippen MR) is 77.2 cm³/mol. The zero-order chi connectivity index (χ0) is 14.2. The second kappa shape index (κ2) is 5.35. The van der Waals surface area contributed by atoms with Gasteiger partial charge in [-0.2, -0.15) is 0 Å². The first-order chi connectivity index (χ1) is 9.58. The zero-order valence-electron chi connectivity index (χ0n) is 11.5. The molecule has 2 aliphatic heterocycles. The van der Waals surface area contributed by atoms with E-state index >= 15 is 0 Å². The lowest BCUT2D eigenvalue weighted by atomic mass is 9.96. The highest BCUT2D eigenvalue weighted by Crippen LogP contribution is 2.35. The lowest BCUT2D eigenvalue weighted by Crippen LogP contribution is -2.41. The maximum atomic E-state index is 12.3. The van der Waals surface area contributed by atoms with Gasteiger partial charge in [0.2, 0.25) is 10.0 Å². The number of fused-ring (bicyclic) bond motifs is 2. The van der Waals surface area contributed by atoms with Crippen molar-refractivity contribution in [3.05, 3.63) is 24.3 Å². The molecule has 2 heterocycles. The zero-order valence-corrected chi connectivity index (χ0v) is 12.3. The molecule has 0 amide bonds. The molecule has 3 atom stereocenters. The van der Waals surface area contributed by atoms with E-state index in [9.17, 15) is 8.42 Å². The number of ether oxygens (including phenoxy) is 1.